The molecule has 0 aliphatic heterocycles. The molecule has 0 amide bonds. The zero-order valence-electron chi connectivity index (χ0n) is 11.9. The Morgan fingerprint density at radius 3 is 2.23 bits per heavy atom. The summed E-state index contributed by atoms with van der Waals surface area (Å²) in [4.78, 5) is 0. The van der Waals surface area contributed by atoms with E-state index in [1.165, 1.54) is 5.56 Å². The van der Waals surface area contributed by atoms with Gasteiger partial charge in [0.15, 0.2) is 11.5 Å². The molecule has 0 saturated carbocycles. The van der Waals surface area contributed by atoms with Crippen molar-refractivity contribution in [2.24, 2.45) is 0 Å². The van der Waals surface area contributed by atoms with Crippen molar-refractivity contribution in [2.45, 2.75) is 6.42 Å². The monoisotopic (exact) mass is 286 g/mol. The molecule has 4 aromatic rings. The molecule has 0 unspecified atom stereocenters. The third kappa shape index (κ3) is 2.35. The van der Waals surface area contributed by atoms with Gasteiger partial charge in [0.1, 0.15) is 0 Å². The lowest BCUT2D eigenvalue weighted by atomic mass is 10.1. The summed E-state index contributed by atoms with van der Waals surface area (Å²) in [5.74, 6) is 0.846. The van der Waals surface area contributed by atoms with Gasteiger partial charge in [-0.05, 0) is 17.7 Å². The van der Waals surface area contributed by atoms with Gasteiger partial charge in [0.05, 0.1) is 5.69 Å². The van der Waals surface area contributed by atoms with Gasteiger partial charge in [-0.15, -0.1) is 10.2 Å². The van der Waals surface area contributed by atoms with Crippen LogP contribution in [-0.4, -0.2) is 19.8 Å². The van der Waals surface area contributed by atoms with Crippen LogP contribution in [0.3, 0.4) is 0 Å². The van der Waals surface area contributed by atoms with Gasteiger partial charge in [0.25, 0.3) is 0 Å². The average Bonchev–Trinajstić information content (AvgIpc) is 2.99. The molecule has 2 aromatic carbocycles. The second-order valence-electron chi connectivity index (χ2n) is 5.13. The third-order valence-corrected chi connectivity index (χ3v) is 3.60. The topological polar surface area (TPSA) is 43.1 Å². The molecule has 4 nitrogen and oxygen atoms in total. The van der Waals surface area contributed by atoms with Gasteiger partial charge in [0.2, 0.25) is 0 Å². The first-order valence-corrected chi connectivity index (χ1v) is 7.21. The molecule has 0 aliphatic carbocycles. The largest absolute Gasteiger partial charge is 0.196 e. The quantitative estimate of drug-likeness (QED) is 0.580. The minimum Gasteiger partial charge on any atom is -0.196 e. The van der Waals surface area contributed by atoms with E-state index in [-0.39, 0.29) is 0 Å². The van der Waals surface area contributed by atoms with Crippen molar-refractivity contribution in [3.8, 4) is 11.3 Å². The van der Waals surface area contributed by atoms with Gasteiger partial charge < -0.3 is 0 Å². The maximum absolute atomic E-state index is 4.69. The molecule has 4 heteroatoms. The van der Waals surface area contributed by atoms with Crippen LogP contribution < -0.4 is 0 Å². The Balaban J connectivity index is 1.77. The van der Waals surface area contributed by atoms with Gasteiger partial charge >= 0.3 is 0 Å². The lowest BCUT2D eigenvalue weighted by molar-refractivity contribution is 0.842. The predicted octanol–water partition coefficient (Wildman–Crippen LogP) is 3.38. The van der Waals surface area contributed by atoms with Gasteiger partial charge in [-0.3, -0.25) is 0 Å². The molecular formula is C18H14N4. The number of hydrogen-bond acceptors (Lipinski definition) is 3. The Labute approximate surface area is 128 Å². The van der Waals surface area contributed by atoms with Gasteiger partial charge in [0, 0.05) is 12.0 Å². The molecular weight excluding hydrogens is 272 g/mol. The van der Waals surface area contributed by atoms with Crippen molar-refractivity contribution in [3.05, 3.63) is 84.2 Å². The molecule has 22 heavy (non-hydrogen) atoms. The molecule has 0 bridgehead atoms. The zero-order chi connectivity index (χ0) is 14.8. The van der Waals surface area contributed by atoms with E-state index in [1.54, 1.807) is 0 Å². The van der Waals surface area contributed by atoms with E-state index < -0.39 is 0 Å². The summed E-state index contributed by atoms with van der Waals surface area (Å²) in [6, 6.07) is 24.3. The van der Waals surface area contributed by atoms with E-state index in [0.717, 1.165) is 22.7 Å². The van der Waals surface area contributed by atoms with E-state index in [0.29, 0.717) is 6.42 Å². The van der Waals surface area contributed by atoms with Crippen LogP contribution in [-0.2, 0) is 6.42 Å². The summed E-state index contributed by atoms with van der Waals surface area (Å²) in [7, 11) is 0. The summed E-state index contributed by atoms with van der Waals surface area (Å²) >= 11 is 0. The fourth-order valence-electron chi connectivity index (χ4n) is 2.48. The molecule has 0 fully saturated rings. The maximum Gasteiger partial charge on any atom is 0.177 e. The molecule has 2 aromatic heterocycles. The Bertz CT molecular complexity index is 898. The SMILES string of the molecule is c1ccc(Cc2nnc3ccc(-c4ccccc4)nn23)cc1. The molecule has 106 valence electrons. The van der Waals surface area contributed by atoms with Gasteiger partial charge in [-0.1, -0.05) is 60.7 Å². The number of hydrogen-bond donors (Lipinski definition) is 0. The van der Waals surface area contributed by atoms with Crippen LogP contribution >= 0.6 is 0 Å². The summed E-state index contributed by atoms with van der Waals surface area (Å²) in [5, 5.41) is 13.2. The standard InChI is InChI=1S/C18H14N4/c1-3-7-14(8-4-1)13-18-20-19-17-12-11-16(21-22(17)18)15-9-5-2-6-10-15/h1-12H,13H2. The fraction of sp³-hybridized carbons (Fsp3) is 0.0556. The number of fused-ring (bicyclic) bond motifs is 1. The average molecular weight is 286 g/mol. The molecule has 2 heterocycles. The highest BCUT2D eigenvalue weighted by atomic mass is 15.4. The number of nitrogens with zero attached hydrogens (tertiary/aromatic N) is 4. The summed E-state index contributed by atoms with van der Waals surface area (Å²) in [6.07, 6.45) is 0.716. The van der Waals surface area contributed by atoms with Crippen LogP contribution in [0, 0.1) is 0 Å². The van der Waals surface area contributed by atoms with Crippen LogP contribution in [0.25, 0.3) is 16.9 Å². The Morgan fingerprint density at radius 2 is 1.45 bits per heavy atom. The molecule has 0 radical (unpaired) electrons. The first kappa shape index (κ1) is 12.7. The smallest absolute Gasteiger partial charge is 0.177 e. The van der Waals surface area contributed by atoms with E-state index in [2.05, 4.69) is 34.5 Å². The van der Waals surface area contributed by atoms with E-state index >= 15 is 0 Å². The van der Waals surface area contributed by atoms with Gasteiger partial charge in [-0.25, -0.2) is 0 Å². The minimum atomic E-state index is 0.716. The normalized spacial score (nSPS) is 10.9. The van der Waals surface area contributed by atoms with E-state index in [9.17, 15) is 0 Å². The molecule has 4 rings (SSSR count). The first-order valence-electron chi connectivity index (χ1n) is 7.21. The van der Waals surface area contributed by atoms with Crippen LogP contribution in [0.2, 0.25) is 0 Å². The minimum absolute atomic E-state index is 0.716. The van der Waals surface area contributed by atoms with Crippen molar-refractivity contribution >= 4 is 5.65 Å². The van der Waals surface area contributed by atoms with Crippen molar-refractivity contribution in [2.75, 3.05) is 0 Å². The predicted molar refractivity (Wildman–Crippen MR) is 85.5 cm³/mol. The first-order chi connectivity index (χ1) is 10.9. The van der Waals surface area contributed by atoms with E-state index in [4.69, 9.17) is 5.10 Å². The molecule has 0 N–H and O–H groups in total. The Morgan fingerprint density at radius 1 is 0.727 bits per heavy atom. The van der Waals surface area contributed by atoms with Crippen LogP contribution in [0.1, 0.15) is 11.4 Å². The number of aromatic nitrogens is 4. The number of rotatable bonds is 3. The molecule has 0 aliphatic rings. The highest BCUT2D eigenvalue weighted by Gasteiger charge is 2.09. The van der Waals surface area contributed by atoms with Crippen molar-refractivity contribution in [1.82, 2.24) is 19.8 Å². The van der Waals surface area contributed by atoms with E-state index in [1.807, 2.05) is 53.0 Å². The van der Waals surface area contributed by atoms with Crippen molar-refractivity contribution in [1.29, 1.82) is 0 Å². The number of benzene rings is 2. The highest BCUT2D eigenvalue weighted by molar-refractivity contribution is 5.59. The maximum atomic E-state index is 4.69. The van der Waals surface area contributed by atoms with Crippen LogP contribution in [0.4, 0.5) is 0 Å². The van der Waals surface area contributed by atoms with Gasteiger partial charge in [-0.2, -0.15) is 9.61 Å². The molecule has 0 atom stereocenters. The second-order valence-corrected chi connectivity index (χ2v) is 5.13. The Hall–Kier alpha value is -3.01. The van der Waals surface area contributed by atoms with Crippen LogP contribution in [0.5, 0.6) is 0 Å². The summed E-state index contributed by atoms with van der Waals surface area (Å²) < 4.78 is 1.83. The Kier molecular flexibility index (Phi) is 3.12. The zero-order valence-corrected chi connectivity index (χ0v) is 11.9. The van der Waals surface area contributed by atoms with Crippen molar-refractivity contribution < 1.29 is 0 Å². The fourth-order valence-corrected chi connectivity index (χ4v) is 2.48. The molecule has 0 saturated heterocycles. The van der Waals surface area contributed by atoms with Crippen LogP contribution in [0.15, 0.2) is 72.8 Å². The summed E-state index contributed by atoms with van der Waals surface area (Å²) in [5.41, 5.74) is 3.97. The lowest BCUT2D eigenvalue weighted by Crippen LogP contribution is -2.01. The second kappa shape index (κ2) is 5.41. The third-order valence-electron chi connectivity index (χ3n) is 3.60. The van der Waals surface area contributed by atoms with Crippen molar-refractivity contribution in [3.63, 3.8) is 0 Å². The lowest BCUT2D eigenvalue weighted by Gasteiger charge is -2.03. The summed E-state index contributed by atoms with van der Waals surface area (Å²) in [6.45, 7) is 0. The highest BCUT2D eigenvalue weighted by Crippen LogP contribution is 2.17. The molecule has 0 spiro atoms.